The second-order valence-electron chi connectivity index (χ2n) is 7.05. The number of benzene rings is 1. The lowest BCUT2D eigenvalue weighted by Crippen LogP contribution is -2.56. The number of halogens is 3. The van der Waals surface area contributed by atoms with Crippen molar-refractivity contribution in [3.63, 3.8) is 0 Å². The van der Waals surface area contributed by atoms with Crippen molar-refractivity contribution in [2.45, 2.75) is 32.2 Å². The van der Waals surface area contributed by atoms with E-state index in [4.69, 9.17) is 0 Å². The van der Waals surface area contributed by atoms with Gasteiger partial charge in [0.2, 0.25) is 0 Å². The minimum atomic E-state index is -4.20. The molecule has 1 unspecified atom stereocenters. The van der Waals surface area contributed by atoms with Gasteiger partial charge in [0.1, 0.15) is 18.7 Å². The third-order valence-corrected chi connectivity index (χ3v) is 5.10. The molecule has 0 aliphatic carbocycles. The Morgan fingerprint density at radius 2 is 1.93 bits per heavy atom. The van der Waals surface area contributed by atoms with Crippen molar-refractivity contribution in [2.75, 3.05) is 33.2 Å². The lowest BCUT2D eigenvalue weighted by Gasteiger charge is -2.39. The van der Waals surface area contributed by atoms with E-state index < -0.39 is 12.2 Å². The smallest absolute Gasteiger partial charge is 0.352 e. The van der Waals surface area contributed by atoms with Gasteiger partial charge in [-0.15, -0.1) is 0 Å². The Bertz CT molecular complexity index is 796. The Morgan fingerprint density at radius 1 is 1.21 bits per heavy atom. The monoisotopic (exact) mass is 409 g/mol. The molecular weight excluding hydrogens is 383 g/mol. The molecule has 2 aromatic rings. The van der Waals surface area contributed by atoms with Crippen molar-refractivity contribution in [3.05, 3.63) is 48.0 Å². The summed E-state index contributed by atoms with van der Waals surface area (Å²) in [7, 11) is 1.69. The highest BCUT2D eigenvalue weighted by molar-refractivity contribution is 5.80. The van der Waals surface area contributed by atoms with E-state index in [9.17, 15) is 13.2 Å². The van der Waals surface area contributed by atoms with Gasteiger partial charge in [-0.2, -0.15) is 18.3 Å². The molecule has 1 fully saturated rings. The molecule has 158 valence electrons. The number of hydrogen-bond donors (Lipinski definition) is 1. The van der Waals surface area contributed by atoms with Crippen LogP contribution in [0.1, 0.15) is 18.1 Å². The van der Waals surface area contributed by atoms with E-state index in [1.54, 1.807) is 18.1 Å². The summed E-state index contributed by atoms with van der Waals surface area (Å²) in [5, 5.41) is 7.43. The number of alkyl halides is 3. The lowest BCUT2D eigenvalue weighted by atomic mass is 10.1. The zero-order valence-corrected chi connectivity index (χ0v) is 16.6. The third-order valence-electron chi connectivity index (χ3n) is 5.10. The summed E-state index contributed by atoms with van der Waals surface area (Å²) < 4.78 is 40.5. The summed E-state index contributed by atoms with van der Waals surface area (Å²) in [6.07, 6.45) is -1.02. The van der Waals surface area contributed by atoms with Gasteiger partial charge in [-0.25, -0.2) is 9.67 Å². The maximum Gasteiger partial charge on any atom is 0.403 e. The molecule has 1 aromatic carbocycles. The maximum atomic E-state index is 12.9. The van der Waals surface area contributed by atoms with Crippen LogP contribution in [0.4, 0.5) is 13.2 Å². The second kappa shape index (κ2) is 9.25. The van der Waals surface area contributed by atoms with Crippen molar-refractivity contribution in [2.24, 2.45) is 4.99 Å². The van der Waals surface area contributed by atoms with E-state index >= 15 is 0 Å². The first-order valence-corrected chi connectivity index (χ1v) is 9.53. The quantitative estimate of drug-likeness (QED) is 0.604. The highest BCUT2D eigenvalue weighted by atomic mass is 19.4. The van der Waals surface area contributed by atoms with Gasteiger partial charge in [0.15, 0.2) is 5.96 Å². The van der Waals surface area contributed by atoms with Crippen LogP contribution in [-0.2, 0) is 13.1 Å². The Balaban J connectivity index is 1.52. The van der Waals surface area contributed by atoms with Crippen molar-refractivity contribution >= 4 is 5.96 Å². The molecule has 1 aliphatic heterocycles. The van der Waals surface area contributed by atoms with Crippen LogP contribution in [0, 0.1) is 0 Å². The van der Waals surface area contributed by atoms with Crippen LogP contribution in [0.5, 0.6) is 0 Å². The minimum absolute atomic E-state index is 0.356. The van der Waals surface area contributed by atoms with E-state index in [-0.39, 0.29) is 0 Å². The Kier molecular flexibility index (Phi) is 6.73. The van der Waals surface area contributed by atoms with Crippen molar-refractivity contribution in [1.82, 2.24) is 29.9 Å². The fourth-order valence-electron chi connectivity index (χ4n) is 3.38. The number of nitrogens with zero attached hydrogens (tertiary/aromatic N) is 6. The van der Waals surface area contributed by atoms with E-state index in [1.165, 1.54) is 18.2 Å². The van der Waals surface area contributed by atoms with Gasteiger partial charge >= 0.3 is 6.18 Å². The van der Waals surface area contributed by atoms with Gasteiger partial charge in [0, 0.05) is 39.8 Å². The van der Waals surface area contributed by atoms with Crippen molar-refractivity contribution in [1.29, 1.82) is 0 Å². The molecule has 0 spiro atoms. The Hall–Kier alpha value is -2.62. The molecule has 0 saturated carbocycles. The van der Waals surface area contributed by atoms with Crippen LogP contribution >= 0.6 is 0 Å². The zero-order chi connectivity index (χ0) is 20.9. The molecule has 2 heterocycles. The van der Waals surface area contributed by atoms with Gasteiger partial charge in [-0.3, -0.25) is 9.89 Å². The highest BCUT2D eigenvalue weighted by Crippen LogP contribution is 2.25. The number of aliphatic imine (C=N–C) groups is 1. The van der Waals surface area contributed by atoms with Gasteiger partial charge in [-0.1, -0.05) is 24.3 Å². The molecule has 7 nitrogen and oxygen atoms in total. The van der Waals surface area contributed by atoms with Crippen LogP contribution < -0.4 is 5.32 Å². The molecule has 1 N–H and O–H groups in total. The molecule has 0 radical (unpaired) electrons. The fourth-order valence-corrected chi connectivity index (χ4v) is 3.38. The van der Waals surface area contributed by atoms with Gasteiger partial charge < -0.3 is 10.2 Å². The van der Waals surface area contributed by atoms with Crippen molar-refractivity contribution in [3.8, 4) is 0 Å². The molecule has 1 atom stereocenters. The predicted molar refractivity (Wildman–Crippen MR) is 104 cm³/mol. The summed E-state index contributed by atoms with van der Waals surface area (Å²) in [6.45, 7) is 4.16. The van der Waals surface area contributed by atoms with Crippen LogP contribution in [0.15, 0.2) is 41.9 Å². The number of aromatic nitrogens is 3. The summed E-state index contributed by atoms with van der Waals surface area (Å²) >= 11 is 0. The number of rotatable bonds is 5. The van der Waals surface area contributed by atoms with Gasteiger partial charge in [0.05, 0.1) is 6.54 Å². The summed E-state index contributed by atoms with van der Waals surface area (Å²) in [4.78, 5) is 11.7. The third kappa shape index (κ3) is 5.69. The molecular formula is C19H26F3N7. The van der Waals surface area contributed by atoms with E-state index in [0.717, 1.165) is 11.1 Å². The molecule has 10 heteroatoms. The minimum Gasteiger partial charge on any atom is -0.352 e. The van der Waals surface area contributed by atoms with Gasteiger partial charge in [-0.05, 0) is 18.1 Å². The number of nitrogens with one attached hydrogen (secondary N) is 1. The average Bonchev–Trinajstić information content (AvgIpc) is 3.21. The Labute approximate surface area is 168 Å². The number of guanidine groups is 1. The maximum absolute atomic E-state index is 12.9. The number of piperazine rings is 1. The summed E-state index contributed by atoms with van der Waals surface area (Å²) in [5.41, 5.74) is 2.20. The summed E-state index contributed by atoms with van der Waals surface area (Å²) in [6, 6.07) is 6.70. The first kappa shape index (κ1) is 21.1. The average molecular weight is 409 g/mol. The standard InChI is InChI=1S/C19H26F3N7/c1-15(19(20,21)22)27-6-8-28(9-7-27)18(23-2)25-11-16-4-3-5-17(10-16)12-29-14-24-13-26-29/h3-5,10,13-15H,6-9,11-12H2,1-2H3,(H,23,25). The fraction of sp³-hybridized carbons (Fsp3) is 0.526. The number of hydrogen-bond acceptors (Lipinski definition) is 4. The first-order chi connectivity index (χ1) is 13.9. The normalized spacial score (nSPS) is 17.4. The topological polar surface area (TPSA) is 61.6 Å². The summed E-state index contributed by atoms with van der Waals surface area (Å²) in [5.74, 6) is 0.700. The highest BCUT2D eigenvalue weighted by Gasteiger charge is 2.41. The zero-order valence-electron chi connectivity index (χ0n) is 16.6. The molecule has 0 bridgehead atoms. The van der Waals surface area contributed by atoms with E-state index in [0.29, 0.717) is 45.2 Å². The van der Waals surface area contributed by atoms with Crippen molar-refractivity contribution < 1.29 is 13.2 Å². The molecule has 1 aliphatic rings. The lowest BCUT2D eigenvalue weighted by molar-refractivity contribution is -0.181. The molecule has 1 aromatic heterocycles. The van der Waals surface area contributed by atoms with Crippen LogP contribution in [0.3, 0.4) is 0 Å². The molecule has 0 amide bonds. The molecule has 3 rings (SSSR count). The first-order valence-electron chi connectivity index (χ1n) is 9.53. The second-order valence-corrected chi connectivity index (χ2v) is 7.05. The largest absolute Gasteiger partial charge is 0.403 e. The molecule has 29 heavy (non-hydrogen) atoms. The Morgan fingerprint density at radius 3 is 2.55 bits per heavy atom. The van der Waals surface area contributed by atoms with Gasteiger partial charge in [0.25, 0.3) is 0 Å². The van der Waals surface area contributed by atoms with E-state index in [2.05, 4.69) is 26.5 Å². The van der Waals surface area contributed by atoms with Crippen LogP contribution in [-0.4, -0.2) is 76.0 Å². The predicted octanol–water partition coefficient (Wildman–Crippen LogP) is 1.97. The van der Waals surface area contributed by atoms with E-state index in [1.807, 2.05) is 23.1 Å². The van der Waals surface area contributed by atoms with Crippen LogP contribution in [0.2, 0.25) is 0 Å². The SMILES string of the molecule is CN=C(NCc1cccc(Cn2cncn2)c1)N1CCN(C(C)C(F)(F)F)CC1. The van der Waals surface area contributed by atoms with Crippen LogP contribution in [0.25, 0.3) is 0 Å². The molecule has 1 saturated heterocycles.